The van der Waals surface area contributed by atoms with E-state index in [4.69, 9.17) is 10.8 Å². The Balaban J connectivity index is 0.000000391. The van der Waals surface area contributed by atoms with E-state index in [1.165, 1.54) is 0 Å². The lowest BCUT2D eigenvalue weighted by molar-refractivity contribution is -0.154. The lowest BCUT2D eigenvalue weighted by atomic mass is 9.90. The number of aliphatic hydroxyl groups excluding tert-OH is 1. The highest BCUT2D eigenvalue weighted by Gasteiger charge is 2.32. The number of carbonyl (C=O) groups excluding carboxylic acids is 2. The second-order valence-corrected chi connectivity index (χ2v) is 10.0. The van der Waals surface area contributed by atoms with Crippen molar-refractivity contribution in [3.8, 4) is 0 Å². The van der Waals surface area contributed by atoms with Crippen molar-refractivity contribution in [2.24, 2.45) is 0 Å². The Bertz CT molecular complexity index is 1090. The fourth-order valence-electron chi connectivity index (χ4n) is 3.11. The first kappa shape index (κ1) is 33.6. The molecule has 0 saturated heterocycles. The van der Waals surface area contributed by atoms with Gasteiger partial charge in [0.05, 0.1) is 5.01 Å². The van der Waals surface area contributed by atoms with E-state index in [-0.39, 0.29) is 30.1 Å². The third kappa shape index (κ3) is 11.9. The number of rotatable bonds is 12. The largest absolute Gasteiger partial charge is 0.480 e. The van der Waals surface area contributed by atoms with Crippen molar-refractivity contribution < 1.29 is 46.5 Å². The summed E-state index contributed by atoms with van der Waals surface area (Å²) in [7, 11) is 0. The van der Waals surface area contributed by atoms with Gasteiger partial charge in [-0.05, 0) is 30.5 Å². The van der Waals surface area contributed by atoms with Crippen LogP contribution in [-0.4, -0.2) is 68.9 Å². The molecule has 4 N–H and O–H groups in total. The first-order valence-corrected chi connectivity index (χ1v) is 12.3. The van der Waals surface area contributed by atoms with Crippen LogP contribution >= 0.6 is 11.3 Å². The molecule has 1 aromatic heterocycles. The van der Waals surface area contributed by atoms with Crippen LogP contribution in [0.2, 0.25) is 0 Å². The molecule has 39 heavy (non-hydrogen) atoms. The molecule has 16 heteroatoms. The Hall–Kier alpha value is -3.40. The Morgan fingerprint density at radius 2 is 1.77 bits per heavy atom. The summed E-state index contributed by atoms with van der Waals surface area (Å²) in [6.07, 6.45) is -5.02. The summed E-state index contributed by atoms with van der Waals surface area (Å²) in [5.74, 6) is -4.13. The summed E-state index contributed by atoms with van der Waals surface area (Å²) in [6.45, 7) is 4.04. The van der Waals surface area contributed by atoms with Gasteiger partial charge in [-0.2, -0.15) is 13.2 Å². The Morgan fingerprint density at radius 1 is 1.18 bits per heavy atom. The predicted octanol–water partition coefficient (Wildman–Crippen LogP) is 4.28. The molecule has 0 aliphatic rings. The monoisotopic (exact) mass is 582 g/mol. The number of carboxylic acid groups (broad SMARTS) is 1. The molecule has 0 fully saturated rings. The molecule has 1 aromatic carbocycles. The zero-order valence-electron chi connectivity index (χ0n) is 21.3. The van der Waals surface area contributed by atoms with Gasteiger partial charge < -0.3 is 31.3 Å². The fraction of sp³-hybridized carbons (Fsp3) is 0.522. The summed E-state index contributed by atoms with van der Waals surface area (Å²) >= 11 is 1.08. The number of nitrogens with one attached hydrogen (secondary N) is 2. The van der Waals surface area contributed by atoms with Crippen molar-refractivity contribution in [2.75, 3.05) is 13.1 Å². The van der Waals surface area contributed by atoms with Gasteiger partial charge in [0, 0.05) is 23.2 Å². The third-order valence-electron chi connectivity index (χ3n) is 5.20. The molecular weight excluding hydrogens is 553 g/mol. The normalized spacial score (nSPS) is 13.1. The lowest BCUT2D eigenvalue weighted by Crippen LogP contribution is -2.43. The van der Waals surface area contributed by atoms with Gasteiger partial charge in [0.2, 0.25) is 6.41 Å². The summed E-state index contributed by atoms with van der Waals surface area (Å²) in [5.41, 5.74) is 6.50. The molecule has 218 valence electrons. The van der Waals surface area contributed by atoms with Gasteiger partial charge in [0.15, 0.2) is 6.10 Å². The van der Waals surface area contributed by atoms with Crippen molar-refractivity contribution in [3.63, 3.8) is 0 Å². The highest BCUT2D eigenvalue weighted by atomic mass is 32.1. The van der Waals surface area contributed by atoms with Crippen LogP contribution in [0.4, 0.5) is 27.1 Å². The van der Waals surface area contributed by atoms with Gasteiger partial charge in [0.1, 0.15) is 24.2 Å². The van der Waals surface area contributed by atoms with Crippen LogP contribution < -0.4 is 5.32 Å². The van der Waals surface area contributed by atoms with Crippen molar-refractivity contribution in [2.45, 2.75) is 63.8 Å². The number of benzene rings is 1. The molecule has 0 aliphatic heterocycles. The van der Waals surface area contributed by atoms with E-state index >= 15 is 0 Å². The van der Waals surface area contributed by atoms with Crippen LogP contribution in [0.5, 0.6) is 0 Å². The highest BCUT2D eigenvalue weighted by molar-refractivity contribution is 7.15. The molecule has 0 radical (unpaired) electrons. The van der Waals surface area contributed by atoms with Crippen LogP contribution in [0.1, 0.15) is 56.7 Å². The first-order chi connectivity index (χ1) is 18.0. The smallest absolute Gasteiger partial charge is 0.406 e. The molecule has 0 aliphatic carbocycles. The zero-order chi connectivity index (χ0) is 30.0. The molecule has 0 bridgehead atoms. The van der Waals surface area contributed by atoms with Crippen LogP contribution in [0.3, 0.4) is 0 Å². The molecule has 0 spiro atoms. The predicted molar refractivity (Wildman–Crippen MR) is 131 cm³/mol. The maximum Gasteiger partial charge on any atom is 0.406 e. The summed E-state index contributed by atoms with van der Waals surface area (Å²) in [6, 6.07) is 1.07. The number of aliphatic carboxylic acids is 1. The minimum absolute atomic E-state index is 0.0249. The van der Waals surface area contributed by atoms with E-state index in [0.29, 0.717) is 28.8 Å². The molecule has 2 aromatic rings. The Labute approximate surface area is 225 Å². The summed E-state index contributed by atoms with van der Waals surface area (Å²) in [5, 5.41) is 28.7. The number of carbonyl (C=O) groups is 3. The number of amides is 2. The number of aliphatic hydroxyl groups is 1. The standard InChI is InChI=1S/C13H15F2NO4.C10H14F3N4OS/c1-2-3-10(13(19)20)16-12(18)11(17)7-4-8(14)6-9(15)5-7;1-9(2,7-15-16-8(14)19-7)3-4-17(6-18)5-10(11,12)13/h4-6,10-11,17H,2-3H2,1H3,(H,16,18)(H,19,20);6H,3-5H2,1-2H3,(H-,14,16)/q;-1. The first-order valence-electron chi connectivity index (χ1n) is 11.5. The number of alkyl halides is 3. The highest BCUT2D eigenvalue weighted by Crippen LogP contribution is 2.32. The molecule has 0 saturated carbocycles. The molecule has 2 atom stereocenters. The third-order valence-corrected chi connectivity index (χ3v) is 6.30. The van der Waals surface area contributed by atoms with Gasteiger partial charge in [0.25, 0.3) is 5.91 Å². The van der Waals surface area contributed by atoms with E-state index in [1.54, 1.807) is 20.8 Å². The minimum atomic E-state index is -4.40. The maximum absolute atomic E-state index is 13.0. The summed E-state index contributed by atoms with van der Waals surface area (Å²) < 4.78 is 62.6. The Morgan fingerprint density at radius 3 is 2.21 bits per heavy atom. The second kappa shape index (κ2) is 14.7. The minimum Gasteiger partial charge on any atom is -0.480 e. The number of aromatic nitrogens is 2. The van der Waals surface area contributed by atoms with E-state index in [0.717, 1.165) is 23.5 Å². The van der Waals surface area contributed by atoms with Gasteiger partial charge in [-0.25, -0.2) is 13.6 Å². The van der Waals surface area contributed by atoms with Crippen molar-refractivity contribution in [1.29, 1.82) is 0 Å². The van der Waals surface area contributed by atoms with Gasteiger partial charge in [-0.3, -0.25) is 14.7 Å². The molecular formula is C23H29F5N5O5S-. The average Bonchev–Trinajstić information content (AvgIpc) is 3.27. The van der Waals surface area contributed by atoms with Gasteiger partial charge >= 0.3 is 12.1 Å². The lowest BCUT2D eigenvalue weighted by Gasteiger charge is -2.26. The zero-order valence-corrected chi connectivity index (χ0v) is 22.1. The number of halogens is 5. The number of hydrogen-bond acceptors (Lipinski definition) is 7. The van der Waals surface area contributed by atoms with E-state index < -0.39 is 53.8 Å². The number of hydrogen-bond donors (Lipinski definition) is 3. The van der Waals surface area contributed by atoms with Gasteiger partial charge in [-0.1, -0.05) is 27.2 Å². The van der Waals surface area contributed by atoms with Crippen LogP contribution in [0.25, 0.3) is 5.73 Å². The maximum atomic E-state index is 13.0. The van der Waals surface area contributed by atoms with E-state index in [1.807, 2.05) is 0 Å². The topological polar surface area (TPSA) is 157 Å². The quantitative estimate of drug-likeness (QED) is 0.249. The SMILES string of the molecule is CC(C)(CCN(C=O)CC(F)(F)F)c1nnc([NH-])s1.CCCC(NC(=O)C(O)c1cc(F)cc(F)c1)C(=O)O. The average molecular weight is 583 g/mol. The van der Waals surface area contributed by atoms with Crippen molar-refractivity contribution in [3.05, 3.63) is 46.1 Å². The van der Waals surface area contributed by atoms with Crippen molar-refractivity contribution in [1.82, 2.24) is 20.4 Å². The van der Waals surface area contributed by atoms with Gasteiger partial charge in [-0.15, -0.1) is 11.3 Å². The van der Waals surface area contributed by atoms with Crippen LogP contribution in [0, 0.1) is 11.6 Å². The number of carboxylic acids is 1. The second-order valence-electron chi connectivity index (χ2n) is 9.03. The Kier molecular flexibility index (Phi) is 12.7. The summed E-state index contributed by atoms with van der Waals surface area (Å²) in [4.78, 5) is 33.9. The molecule has 2 amide bonds. The van der Waals surface area contributed by atoms with Crippen LogP contribution in [0.15, 0.2) is 18.2 Å². The van der Waals surface area contributed by atoms with E-state index in [2.05, 4.69) is 15.5 Å². The van der Waals surface area contributed by atoms with Crippen molar-refractivity contribution >= 4 is 34.8 Å². The fourth-order valence-corrected chi connectivity index (χ4v) is 3.83. The van der Waals surface area contributed by atoms with Crippen LogP contribution in [-0.2, 0) is 19.8 Å². The molecule has 2 rings (SSSR count). The molecule has 1 heterocycles. The molecule has 10 nitrogen and oxygen atoms in total. The number of nitrogens with zero attached hydrogens (tertiary/aromatic N) is 3. The van der Waals surface area contributed by atoms with E-state index in [9.17, 15) is 41.4 Å². The molecule has 2 unspecified atom stereocenters.